The number of aromatic amines is 1. The highest BCUT2D eigenvalue weighted by molar-refractivity contribution is 5.85. The maximum Gasteiger partial charge on any atom is 0.253 e. The molecule has 2 heterocycles. The highest BCUT2D eigenvalue weighted by atomic mass is 16.1. The third-order valence-electron chi connectivity index (χ3n) is 8.32. The molecule has 1 fully saturated rings. The summed E-state index contributed by atoms with van der Waals surface area (Å²) in [4.78, 5) is 19.5. The molecule has 1 aliphatic rings. The van der Waals surface area contributed by atoms with Crippen molar-refractivity contribution in [3.8, 4) is 0 Å². The van der Waals surface area contributed by atoms with Gasteiger partial charge >= 0.3 is 0 Å². The fourth-order valence-corrected chi connectivity index (χ4v) is 6.12. The number of H-pyrrole nitrogens is 1. The highest BCUT2D eigenvalue weighted by Gasteiger charge is 2.33. The zero-order valence-electron chi connectivity index (χ0n) is 23.3. The molecule has 5 aromatic rings. The van der Waals surface area contributed by atoms with Gasteiger partial charge in [0.25, 0.3) is 5.56 Å². The van der Waals surface area contributed by atoms with Crippen LogP contribution in [0, 0.1) is 13.8 Å². The standard InChI is InChI=1S/C33H36N6O/c1-23-17-18-24(2)30-28(23)21-29(33(40)34-30)31(32-35-36-37-39(32)27-15-9-10-16-27)38(22-26-13-7-4-8-14-26)20-19-25-11-5-3-6-12-25/h3-8,11-14,17-18,21,27,31H,9-10,15-16,19-20,22H2,1-2H3,(H,34,40). The zero-order chi connectivity index (χ0) is 27.5. The first-order chi connectivity index (χ1) is 19.6. The minimum atomic E-state index is -0.410. The van der Waals surface area contributed by atoms with E-state index in [2.05, 4.69) is 99.1 Å². The molecule has 0 spiro atoms. The molecule has 0 radical (unpaired) electrons. The van der Waals surface area contributed by atoms with E-state index in [4.69, 9.17) is 0 Å². The zero-order valence-corrected chi connectivity index (χ0v) is 23.3. The smallest absolute Gasteiger partial charge is 0.253 e. The van der Waals surface area contributed by atoms with Gasteiger partial charge in [0.05, 0.1) is 11.6 Å². The van der Waals surface area contributed by atoms with Crippen LogP contribution in [0.3, 0.4) is 0 Å². The number of pyridine rings is 1. The second-order valence-electron chi connectivity index (χ2n) is 11.1. The largest absolute Gasteiger partial charge is 0.321 e. The van der Waals surface area contributed by atoms with Gasteiger partial charge < -0.3 is 4.98 Å². The fraction of sp³-hybridized carbons (Fsp3) is 0.333. The Bertz CT molecular complexity index is 1640. The van der Waals surface area contributed by atoms with Crippen molar-refractivity contribution in [1.29, 1.82) is 0 Å². The lowest BCUT2D eigenvalue weighted by Gasteiger charge is -2.32. The average molecular weight is 533 g/mol. The summed E-state index contributed by atoms with van der Waals surface area (Å²) < 4.78 is 2.00. The topological polar surface area (TPSA) is 79.7 Å². The Kier molecular flexibility index (Phi) is 7.55. The van der Waals surface area contributed by atoms with Crippen molar-refractivity contribution in [2.45, 2.75) is 64.6 Å². The number of hydrogen-bond acceptors (Lipinski definition) is 5. The lowest BCUT2D eigenvalue weighted by Crippen LogP contribution is -2.36. The summed E-state index contributed by atoms with van der Waals surface area (Å²) in [5, 5.41) is 14.3. The predicted molar refractivity (Wildman–Crippen MR) is 158 cm³/mol. The summed E-state index contributed by atoms with van der Waals surface area (Å²) in [7, 11) is 0. The van der Waals surface area contributed by atoms with E-state index in [9.17, 15) is 4.79 Å². The number of hydrogen-bond donors (Lipinski definition) is 1. The Morgan fingerprint density at radius 1 is 0.925 bits per heavy atom. The number of nitrogens with one attached hydrogen (secondary N) is 1. The lowest BCUT2D eigenvalue weighted by atomic mass is 9.98. The number of rotatable bonds is 9. The Hall–Kier alpha value is -4.10. The third kappa shape index (κ3) is 5.34. The van der Waals surface area contributed by atoms with E-state index >= 15 is 0 Å². The van der Waals surface area contributed by atoms with Crippen LogP contribution in [-0.4, -0.2) is 36.6 Å². The minimum Gasteiger partial charge on any atom is -0.321 e. The highest BCUT2D eigenvalue weighted by Crippen LogP contribution is 2.35. The Morgan fingerprint density at radius 3 is 2.33 bits per heavy atom. The van der Waals surface area contributed by atoms with Crippen molar-refractivity contribution in [3.05, 3.63) is 123 Å². The molecule has 3 aromatic carbocycles. The molecule has 204 valence electrons. The average Bonchev–Trinajstić information content (AvgIpc) is 3.68. The van der Waals surface area contributed by atoms with Crippen molar-refractivity contribution in [3.63, 3.8) is 0 Å². The van der Waals surface area contributed by atoms with Gasteiger partial charge in [-0.05, 0) is 71.9 Å². The molecule has 1 unspecified atom stereocenters. The van der Waals surface area contributed by atoms with E-state index in [0.717, 1.165) is 53.7 Å². The van der Waals surface area contributed by atoms with Crippen molar-refractivity contribution in [2.75, 3.05) is 6.54 Å². The molecule has 2 aromatic heterocycles. The van der Waals surface area contributed by atoms with E-state index in [1.54, 1.807) is 0 Å². The molecule has 0 amide bonds. The molecule has 7 heteroatoms. The van der Waals surface area contributed by atoms with Crippen LogP contribution < -0.4 is 5.56 Å². The molecular formula is C33H36N6O. The molecule has 6 rings (SSSR count). The van der Waals surface area contributed by atoms with Crippen molar-refractivity contribution in [2.24, 2.45) is 0 Å². The summed E-state index contributed by atoms with van der Waals surface area (Å²) in [5.74, 6) is 0.742. The summed E-state index contributed by atoms with van der Waals surface area (Å²) in [6, 6.07) is 27.1. The van der Waals surface area contributed by atoms with Gasteiger partial charge in [-0.2, -0.15) is 0 Å². The van der Waals surface area contributed by atoms with Crippen molar-refractivity contribution < 1.29 is 0 Å². The third-order valence-corrected chi connectivity index (χ3v) is 8.32. The Morgan fingerprint density at radius 2 is 1.60 bits per heavy atom. The molecule has 7 nitrogen and oxygen atoms in total. The number of aryl methyl sites for hydroxylation is 2. The number of tetrazole rings is 1. The van der Waals surface area contributed by atoms with Gasteiger partial charge in [0.2, 0.25) is 0 Å². The molecule has 1 saturated carbocycles. The maximum atomic E-state index is 13.9. The van der Waals surface area contributed by atoms with Gasteiger partial charge in [0, 0.05) is 24.0 Å². The summed E-state index contributed by atoms with van der Waals surface area (Å²) in [5.41, 5.74) is 6.11. The summed E-state index contributed by atoms with van der Waals surface area (Å²) in [6.07, 6.45) is 5.30. The van der Waals surface area contributed by atoms with Crippen LogP contribution in [0.1, 0.15) is 71.4 Å². The van der Waals surface area contributed by atoms with Crippen LogP contribution in [0.4, 0.5) is 0 Å². The first kappa shape index (κ1) is 26.1. The van der Waals surface area contributed by atoms with E-state index in [1.165, 1.54) is 24.0 Å². The molecular weight excluding hydrogens is 496 g/mol. The van der Waals surface area contributed by atoms with Gasteiger partial charge in [-0.25, -0.2) is 4.68 Å². The first-order valence-electron chi connectivity index (χ1n) is 14.3. The molecule has 0 aliphatic heterocycles. The van der Waals surface area contributed by atoms with Gasteiger partial charge in [-0.3, -0.25) is 9.69 Å². The Labute approximate surface area is 234 Å². The second-order valence-corrected chi connectivity index (χ2v) is 11.1. The van der Waals surface area contributed by atoms with Crippen LogP contribution >= 0.6 is 0 Å². The van der Waals surface area contributed by atoms with Crippen LogP contribution in [0.5, 0.6) is 0 Å². The van der Waals surface area contributed by atoms with E-state index in [0.29, 0.717) is 12.1 Å². The molecule has 0 bridgehead atoms. The SMILES string of the molecule is Cc1ccc(C)c2[nH]c(=O)c(C(c3nnnn3C3CCCC3)N(CCc3ccccc3)Cc3ccccc3)cc12. The van der Waals surface area contributed by atoms with Crippen LogP contribution in [0.25, 0.3) is 10.9 Å². The van der Waals surface area contributed by atoms with Crippen LogP contribution in [-0.2, 0) is 13.0 Å². The molecule has 1 aliphatic carbocycles. The van der Waals surface area contributed by atoms with Crippen molar-refractivity contribution >= 4 is 10.9 Å². The number of nitrogens with zero attached hydrogens (tertiary/aromatic N) is 5. The van der Waals surface area contributed by atoms with Crippen LogP contribution in [0.2, 0.25) is 0 Å². The lowest BCUT2D eigenvalue weighted by molar-refractivity contribution is 0.201. The van der Waals surface area contributed by atoms with E-state index in [-0.39, 0.29) is 11.6 Å². The van der Waals surface area contributed by atoms with E-state index < -0.39 is 6.04 Å². The molecule has 0 saturated heterocycles. The first-order valence-corrected chi connectivity index (χ1v) is 14.3. The summed E-state index contributed by atoms with van der Waals surface area (Å²) in [6.45, 7) is 5.54. The second kappa shape index (κ2) is 11.6. The monoisotopic (exact) mass is 532 g/mol. The van der Waals surface area contributed by atoms with E-state index in [1.807, 2.05) is 23.7 Å². The molecule has 40 heavy (non-hydrogen) atoms. The predicted octanol–water partition coefficient (Wildman–Crippen LogP) is 6.08. The quantitative estimate of drug-likeness (QED) is 0.249. The number of fused-ring (bicyclic) bond motifs is 1. The van der Waals surface area contributed by atoms with Gasteiger partial charge in [-0.1, -0.05) is 85.6 Å². The Balaban J connectivity index is 1.52. The summed E-state index contributed by atoms with van der Waals surface area (Å²) >= 11 is 0. The van der Waals surface area contributed by atoms with Gasteiger partial charge in [-0.15, -0.1) is 5.10 Å². The fourth-order valence-electron chi connectivity index (χ4n) is 6.12. The minimum absolute atomic E-state index is 0.0926. The van der Waals surface area contributed by atoms with Gasteiger partial charge in [0.1, 0.15) is 6.04 Å². The normalized spacial score (nSPS) is 14.8. The van der Waals surface area contributed by atoms with Crippen LogP contribution in [0.15, 0.2) is 83.7 Å². The molecule has 1 atom stereocenters. The van der Waals surface area contributed by atoms with Crippen molar-refractivity contribution in [1.82, 2.24) is 30.1 Å². The maximum absolute atomic E-state index is 13.9. The number of aromatic nitrogens is 5. The number of benzene rings is 3. The molecule has 1 N–H and O–H groups in total. The van der Waals surface area contributed by atoms with Gasteiger partial charge in [0.15, 0.2) is 5.82 Å².